The van der Waals surface area contributed by atoms with Crippen molar-refractivity contribution in [3.05, 3.63) is 64.7 Å². The van der Waals surface area contributed by atoms with E-state index in [4.69, 9.17) is 16.3 Å². The third kappa shape index (κ3) is 4.82. The van der Waals surface area contributed by atoms with Gasteiger partial charge >= 0.3 is 0 Å². The fourth-order valence-electron chi connectivity index (χ4n) is 1.67. The summed E-state index contributed by atoms with van der Waals surface area (Å²) >= 11 is 5.88. The van der Waals surface area contributed by atoms with Crippen molar-refractivity contribution in [2.24, 2.45) is 0 Å². The van der Waals surface area contributed by atoms with Crippen LogP contribution in [0.2, 0.25) is 5.02 Å². The van der Waals surface area contributed by atoms with Gasteiger partial charge in [0.1, 0.15) is 12.0 Å². The van der Waals surface area contributed by atoms with Crippen molar-refractivity contribution in [2.45, 2.75) is 0 Å². The molecule has 0 saturated heterocycles. The van der Waals surface area contributed by atoms with Crippen LogP contribution >= 0.6 is 11.6 Å². The van der Waals surface area contributed by atoms with Crippen LogP contribution in [0.4, 0.5) is 0 Å². The number of hydrazine groups is 1. The molecule has 0 saturated carbocycles. The van der Waals surface area contributed by atoms with Crippen molar-refractivity contribution >= 4 is 29.7 Å². The smallest absolute Gasteiger partial charge is 0.276 e. The number of benzene rings is 2. The van der Waals surface area contributed by atoms with Crippen LogP contribution in [0.15, 0.2) is 48.5 Å². The predicted molar refractivity (Wildman–Crippen MR) is 84.4 cm³/mol. The molecular weight excluding hydrogens is 320 g/mol. The Kier molecular flexibility index (Phi) is 5.71. The topological polar surface area (TPSA) is 84.5 Å². The molecule has 0 radical (unpaired) electrons. The molecule has 0 fully saturated rings. The zero-order valence-corrected chi connectivity index (χ0v) is 12.7. The molecule has 0 spiro atoms. The maximum absolute atomic E-state index is 11.8. The van der Waals surface area contributed by atoms with Gasteiger partial charge in [0.15, 0.2) is 6.61 Å². The monoisotopic (exact) mass is 332 g/mol. The van der Waals surface area contributed by atoms with Crippen molar-refractivity contribution in [1.82, 2.24) is 10.9 Å². The van der Waals surface area contributed by atoms with Gasteiger partial charge in [-0.05, 0) is 36.4 Å². The molecule has 2 aromatic rings. The van der Waals surface area contributed by atoms with Gasteiger partial charge in [-0.25, -0.2) is 0 Å². The lowest BCUT2D eigenvalue weighted by atomic mass is 10.2. The molecule has 2 aromatic carbocycles. The lowest BCUT2D eigenvalue weighted by molar-refractivity contribution is -0.123. The van der Waals surface area contributed by atoms with Crippen LogP contribution in [-0.4, -0.2) is 24.7 Å². The summed E-state index contributed by atoms with van der Waals surface area (Å²) in [4.78, 5) is 34.0. The van der Waals surface area contributed by atoms with Gasteiger partial charge in [0, 0.05) is 5.56 Å². The number of carbonyl (C=O) groups excluding carboxylic acids is 3. The number of amides is 2. The standard InChI is InChI=1S/C16H13ClN2O4/c17-14-4-2-1-3-13(14)16(22)19-18-15(21)10-23-12-7-5-11(9-20)6-8-12/h1-9H,10H2,(H,18,21)(H,19,22). The minimum Gasteiger partial charge on any atom is -0.484 e. The molecule has 7 heteroatoms. The molecular formula is C16H13ClN2O4. The first-order valence-electron chi connectivity index (χ1n) is 6.62. The van der Waals surface area contributed by atoms with E-state index in [1.54, 1.807) is 42.5 Å². The molecule has 0 unspecified atom stereocenters. The quantitative estimate of drug-likeness (QED) is 0.648. The maximum atomic E-state index is 11.8. The van der Waals surface area contributed by atoms with E-state index in [-0.39, 0.29) is 17.2 Å². The fraction of sp³-hybridized carbons (Fsp3) is 0.0625. The van der Waals surface area contributed by atoms with Crippen LogP contribution in [0.1, 0.15) is 20.7 Å². The van der Waals surface area contributed by atoms with Crippen LogP contribution in [0.3, 0.4) is 0 Å². The molecule has 2 N–H and O–H groups in total. The van der Waals surface area contributed by atoms with E-state index < -0.39 is 11.8 Å². The number of ether oxygens (including phenoxy) is 1. The van der Waals surface area contributed by atoms with E-state index in [1.807, 2.05) is 0 Å². The SMILES string of the molecule is O=Cc1ccc(OCC(=O)NNC(=O)c2ccccc2Cl)cc1. The molecule has 0 atom stereocenters. The van der Waals surface area contributed by atoms with Crippen molar-refractivity contribution in [2.75, 3.05) is 6.61 Å². The number of nitrogens with one attached hydrogen (secondary N) is 2. The van der Waals surface area contributed by atoms with E-state index >= 15 is 0 Å². The number of aldehydes is 1. The number of rotatable bonds is 5. The molecule has 118 valence electrons. The van der Waals surface area contributed by atoms with Crippen LogP contribution in [0.5, 0.6) is 5.75 Å². The minimum atomic E-state index is -0.537. The molecule has 0 aliphatic heterocycles. The molecule has 0 bridgehead atoms. The largest absolute Gasteiger partial charge is 0.484 e. The van der Waals surface area contributed by atoms with Gasteiger partial charge in [-0.15, -0.1) is 0 Å². The van der Waals surface area contributed by atoms with E-state index in [2.05, 4.69) is 10.9 Å². The first-order valence-corrected chi connectivity index (χ1v) is 6.99. The van der Waals surface area contributed by atoms with E-state index in [0.717, 1.165) is 0 Å². The van der Waals surface area contributed by atoms with Gasteiger partial charge in [-0.3, -0.25) is 25.2 Å². The van der Waals surface area contributed by atoms with Gasteiger partial charge in [0.25, 0.3) is 11.8 Å². The second-order valence-electron chi connectivity index (χ2n) is 4.46. The highest BCUT2D eigenvalue weighted by molar-refractivity contribution is 6.33. The summed E-state index contributed by atoms with van der Waals surface area (Å²) in [6.07, 6.45) is 0.709. The van der Waals surface area contributed by atoms with Gasteiger partial charge < -0.3 is 4.74 Å². The molecule has 6 nitrogen and oxygen atoms in total. The number of hydrogen-bond donors (Lipinski definition) is 2. The lowest BCUT2D eigenvalue weighted by Gasteiger charge is -2.09. The summed E-state index contributed by atoms with van der Waals surface area (Å²) < 4.78 is 5.22. The molecule has 0 heterocycles. The summed E-state index contributed by atoms with van der Waals surface area (Å²) in [7, 11) is 0. The molecule has 0 aliphatic rings. The second-order valence-corrected chi connectivity index (χ2v) is 4.86. The molecule has 2 rings (SSSR count). The number of carbonyl (C=O) groups is 3. The van der Waals surface area contributed by atoms with Gasteiger partial charge in [0.2, 0.25) is 0 Å². The van der Waals surface area contributed by atoms with Crippen LogP contribution in [0, 0.1) is 0 Å². The highest BCUT2D eigenvalue weighted by Crippen LogP contribution is 2.14. The summed E-state index contributed by atoms with van der Waals surface area (Å²) in [5.74, 6) is -0.632. The van der Waals surface area contributed by atoms with E-state index in [1.165, 1.54) is 6.07 Å². The summed E-state index contributed by atoms with van der Waals surface area (Å²) in [6, 6.07) is 12.7. The Bertz CT molecular complexity index is 716. The maximum Gasteiger partial charge on any atom is 0.276 e. The molecule has 23 heavy (non-hydrogen) atoms. The van der Waals surface area contributed by atoms with Crippen molar-refractivity contribution < 1.29 is 19.1 Å². The zero-order valence-electron chi connectivity index (χ0n) is 11.9. The summed E-state index contributed by atoms with van der Waals surface area (Å²) in [6.45, 7) is -0.288. The average Bonchev–Trinajstić information content (AvgIpc) is 2.58. The van der Waals surface area contributed by atoms with Crippen molar-refractivity contribution in [1.29, 1.82) is 0 Å². The predicted octanol–water partition coefficient (Wildman–Crippen LogP) is 1.99. The number of halogens is 1. The summed E-state index contributed by atoms with van der Waals surface area (Å²) in [5, 5.41) is 0.283. The van der Waals surface area contributed by atoms with Crippen LogP contribution in [-0.2, 0) is 4.79 Å². The Hall–Kier alpha value is -2.86. The Morgan fingerprint density at radius 1 is 1.04 bits per heavy atom. The van der Waals surface area contributed by atoms with Crippen molar-refractivity contribution in [3.8, 4) is 5.75 Å². The molecule has 0 aromatic heterocycles. The lowest BCUT2D eigenvalue weighted by Crippen LogP contribution is -2.43. The minimum absolute atomic E-state index is 0.250. The molecule has 0 aliphatic carbocycles. The second kappa shape index (κ2) is 7.95. The number of hydrogen-bond acceptors (Lipinski definition) is 4. The normalized spacial score (nSPS) is 9.78. The fourth-order valence-corrected chi connectivity index (χ4v) is 1.89. The third-order valence-electron chi connectivity index (χ3n) is 2.82. The Labute approximate surface area is 137 Å². The summed E-state index contributed by atoms with van der Waals surface area (Å²) in [5.41, 5.74) is 5.23. The Morgan fingerprint density at radius 3 is 2.39 bits per heavy atom. The van der Waals surface area contributed by atoms with E-state index in [9.17, 15) is 14.4 Å². The van der Waals surface area contributed by atoms with Gasteiger partial charge in [-0.1, -0.05) is 23.7 Å². The average molecular weight is 333 g/mol. The zero-order chi connectivity index (χ0) is 16.7. The Balaban J connectivity index is 1.79. The van der Waals surface area contributed by atoms with Gasteiger partial charge in [-0.2, -0.15) is 0 Å². The first kappa shape index (κ1) is 16.5. The van der Waals surface area contributed by atoms with E-state index in [0.29, 0.717) is 17.6 Å². The van der Waals surface area contributed by atoms with Crippen LogP contribution < -0.4 is 15.6 Å². The van der Waals surface area contributed by atoms with Gasteiger partial charge in [0.05, 0.1) is 10.6 Å². The third-order valence-corrected chi connectivity index (χ3v) is 3.15. The van der Waals surface area contributed by atoms with Crippen LogP contribution in [0.25, 0.3) is 0 Å². The van der Waals surface area contributed by atoms with Crippen molar-refractivity contribution in [3.63, 3.8) is 0 Å². The first-order chi connectivity index (χ1) is 11.1. The highest BCUT2D eigenvalue weighted by Gasteiger charge is 2.10. The highest BCUT2D eigenvalue weighted by atomic mass is 35.5. The Morgan fingerprint density at radius 2 is 1.74 bits per heavy atom. The molecule has 2 amide bonds.